The van der Waals surface area contributed by atoms with Crippen molar-refractivity contribution in [3.63, 3.8) is 0 Å². The molecule has 86 valence electrons. The Morgan fingerprint density at radius 1 is 1.44 bits per heavy atom. The predicted molar refractivity (Wildman–Crippen MR) is 65.4 cm³/mol. The van der Waals surface area contributed by atoms with E-state index in [1.165, 1.54) is 25.8 Å². The number of rotatable bonds is 3. The minimum absolute atomic E-state index is 0.294. The van der Waals surface area contributed by atoms with Crippen molar-refractivity contribution in [2.75, 3.05) is 12.4 Å². The molecule has 3 heterocycles. The van der Waals surface area contributed by atoms with Crippen LogP contribution in [0, 0.1) is 5.92 Å². The van der Waals surface area contributed by atoms with E-state index in [9.17, 15) is 0 Å². The molecule has 4 rings (SSSR count). The van der Waals surface area contributed by atoms with Crippen molar-refractivity contribution < 1.29 is 0 Å². The van der Waals surface area contributed by atoms with Crippen LogP contribution in [-0.4, -0.2) is 27.8 Å². The lowest BCUT2D eigenvalue weighted by Gasteiger charge is -2.58. The average Bonchev–Trinajstić information content (AvgIpc) is 2.29. The summed E-state index contributed by atoms with van der Waals surface area (Å²) >= 11 is 6.16. The van der Waals surface area contributed by atoms with Crippen molar-refractivity contribution in [1.29, 1.82) is 0 Å². The maximum atomic E-state index is 6.16. The highest BCUT2D eigenvalue weighted by molar-refractivity contribution is 6.18. The summed E-state index contributed by atoms with van der Waals surface area (Å²) in [5.74, 6) is 1.72. The van der Waals surface area contributed by atoms with Gasteiger partial charge in [-0.3, -0.25) is 9.88 Å². The smallest absolute Gasteiger partial charge is 0.0544 e. The van der Waals surface area contributed by atoms with Gasteiger partial charge in [0.15, 0.2) is 0 Å². The maximum absolute atomic E-state index is 6.16. The Labute approximate surface area is 102 Å². The highest BCUT2D eigenvalue weighted by Crippen LogP contribution is 2.49. The highest BCUT2D eigenvalue weighted by atomic mass is 35.5. The number of hydrogen-bond acceptors (Lipinski definition) is 2. The van der Waals surface area contributed by atoms with Crippen molar-refractivity contribution in [2.45, 2.75) is 31.3 Å². The van der Waals surface area contributed by atoms with Gasteiger partial charge >= 0.3 is 0 Å². The second-order valence-corrected chi connectivity index (χ2v) is 5.43. The van der Waals surface area contributed by atoms with E-state index in [1.807, 2.05) is 12.3 Å². The summed E-state index contributed by atoms with van der Waals surface area (Å²) < 4.78 is 0. The van der Waals surface area contributed by atoms with Crippen LogP contribution in [0.1, 0.15) is 25.0 Å². The number of nitrogens with zero attached hydrogens (tertiary/aromatic N) is 2. The minimum Gasteiger partial charge on any atom is -0.291 e. The molecule has 1 aromatic heterocycles. The Balaban J connectivity index is 1.74. The summed E-state index contributed by atoms with van der Waals surface area (Å²) in [5.41, 5.74) is 1.46. The summed E-state index contributed by atoms with van der Waals surface area (Å²) in [6.07, 6.45) is 5.80. The van der Waals surface area contributed by atoms with Crippen LogP contribution in [0.15, 0.2) is 24.4 Å². The number of hydrogen-bond donors (Lipinski definition) is 0. The summed E-state index contributed by atoms with van der Waals surface area (Å²) in [6, 6.07) is 6.13. The average molecular weight is 237 g/mol. The molecule has 3 fully saturated rings. The summed E-state index contributed by atoms with van der Waals surface area (Å²) in [6.45, 7) is 2.15. The molecule has 1 saturated carbocycles. The van der Waals surface area contributed by atoms with Crippen molar-refractivity contribution in [1.82, 2.24) is 9.88 Å². The molecule has 2 aliphatic heterocycles. The maximum Gasteiger partial charge on any atom is 0.0544 e. The van der Waals surface area contributed by atoms with Crippen LogP contribution in [-0.2, 0) is 6.54 Å². The largest absolute Gasteiger partial charge is 0.291 e. The molecule has 2 bridgehead atoms. The molecule has 0 amide bonds. The molecule has 1 aromatic rings. The van der Waals surface area contributed by atoms with Gasteiger partial charge in [0.1, 0.15) is 0 Å². The van der Waals surface area contributed by atoms with Gasteiger partial charge in [-0.25, -0.2) is 0 Å². The Hall–Kier alpha value is -0.600. The van der Waals surface area contributed by atoms with E-state index in [0.717, 1.165) is 24.0 Å². The number of fused-ring (bicyclic) bond motifs is 2. The number of piperidine rings is 2. The predicted octanol–water partition coefficient (Wildman–Crippen LogP) is 2.67. The third-order valence-electron chi connectivity index (χ3n) is 4.14. The van der Waals surface area contributed by atoms with E-state index >= 15 is 0 Å². The Morgan fingerprint density at radius 3 is 3.00 bits per heavy atom. The third-order valence-corrected chi connectivity index (χ3v) is 4.64. The second-order valence-electron chi connectivity index (χ2n) is 5.16. The van der Waals surface area contributed by atoms with E-state index in [1.54, 1.807) is 0 Å². The summed E-state index contributed by atoms with van der Waals surface area (Å²) in [4.78, 5) is 6.95. The van der Waals surface area contributed by atoms with Crippen molar-refractivity contribution >= 4 is 11.6 Å². The van der Waals surface area contributed by atoms with E-state index in [4.69, 9.17) is 11.6 Å². The molecule has 0 radical (unpaired) electrons. The van der Waals surface area contributed by atoms with E-state index < -0.39 is 0 Å². The third kappa shape index (κ3) is 1.64. The molecular weight excluding hydrogens is 220 g/mol. The van der Waals surface area contributed by atoms with Gasteiger partial charge in [-0.1, -0.05) is 6.07 Å². The molecule has 1 aliphatic carbocycles. The molecule has 16 heavy (non-hydrogen) atoms. The normalized spacial score (nSPS) is 33.4. The molecule has 2 nitrogen and oxygen atoms in total. The Kier molecular flexibility index (Phi) is 2.64. The van der Waals surface area contributed by atoms with Crippen LogP contribution >= 0.6 is 11.6 Å². The molecule has 0 atom stereocenters. The number of halogens is 1. The lowest BCUT2D eigenvalue weighted by Crippen LogP contribution is -2.63. The topological polar surface area (TPSA) is 16.1 Å². The first-order valence-electron chi connectivity index (χ1n) is 6.03. The van der Waals surface area contributed by atoms with Crippen molar-refractivity contribution in [2.24, 2.45) is 5.92 Å². The quantitative estimate of drug-likeness (QED) is 0.751. The zero-order valence-electron chi connectivity index (χ0n) is 9.40. The molecule has 0 unspecified atom stereocenters. The van der Waals surface area contributed by atoms with Gasteiger partial charge < -0.3 is 0 Å². The molecule has 0 N–H and O–H groups in total. The Morgan fingerprint density at radius 2 is 2.31 bits per heavy atom. The van der Waals surface area contributed by atoms with Crippen LogP contribution in [0.3, 0.4) is 0 Å². The molecule has 0 spiro atoms. The lowest BCUT2D eigenvalue weighted by molar-refractivity contribution is -0.0677. The SMILES string of the molecule is ClCC12CC(CCN1Cc1ccccn1)C2. The Bertz CT molecular complexity index is 359. The minimum atomic E-state index is 0.294. The van der Waals surface area contributed by atoms with E-state index in [0.29, 0.717) is 5.54 Å². The first kappa shape index (κ1) is 10.5. The van der Waals surface area contributed by atoms with Crippen molar-refractivity contribution in [3.8, 4) is 0 Å². The molecule has 3 heteroatoms. The molecular formula is C13H17ClN2. The highest BCUT2D eigenvalue weighted by Gasteiger charge is 2.51. The van der Waals surface area contributed by atoms with Crippen LogP contribution in [0.25, 0.3) is 0 Å². The van der Waals surface area contributed by atoms with E-state index in [-0.39, 0.29) is 0 Å². The number of pyridine rings is 1. The fraction of sp³-hybridized carbons (Fsp3) is 0.615. The molecule has 0 aromatic carbocycles. The second kappa shape index (κ2) is 4.01. The van der Waals surface area contributed by atoms with Gasteiger partial charge in [-0.15, -0.1) is 11.6 Å². The zero-order valence-corrected chi connectivity index (χ0v) is 10.2. The van der Waals surface area contributed by atoms with Gasteiger partial charge in [0.2, 0.25) is 0 Å². The van der Waals surface area contributed by atoms with Gasteiger partial charge in [0, 0.05) is 24.2 Å². The molecule has 2 saturated heterocycles. The monoisotopic (exact) mass is 236 g/mol. The van der Waals surface area contributed by atoms with E-state index in [2.05, 4.69) is 22.0 Å². The summed E-state index contributed by atoms with van der Waals surface area (Å²) in [5, 5.41) is 0. The summed E-state index contributed by atoms with van der Waals surface area (Å²) in [7, 11) is 0. The lowest BCUT2D eigenvalue weighted by atomic mass is 9.63. The zero-order chi connectivity index (χ0) is 11.0. The number of alkyl halides is 1. The fourth-order valence-corrected chi connectivity index (χ4v) is 3.57. The van der Waals surface area contributed by atoms with Gasteiger partial charge in [0.05, 0.1) is 5.69 Å². The van der Waals surface area contributed by atoms with Gasteiger partial charge in [-0.2, -0.15) is 0 Å². The van der Waals surface area contributed by atoms with Crippen LogP contribution < -0.4 is 0 Å². The van der Waals surface area contributed by atoms with Crippen LogP contribution in [0.5, 0.6) is 0 Å². The standard InChI is InChI=1S/C13H17ClN2/c14-10-13-7-11(8-13)4-6-16(13)9-12-3-1-2-5-15-12/h1-3,5,11H,4,6-10H2. The molecule has 3 aliphatic rings. The fourth-order valence-electron chi connectivity index (χ4n) is 3.18. The first-order valence-corrected chi connectivity index (χ1v) is 6.57. The van der Waals surface area contributed by atoms with Gasteiger partial charge in [0.25, 0.3) is 0 Å². The first-order chi connectivity index (χ1) is 7.82. The van der Waals surface area contributed by atoms with Crippen LogP contribution in [0.4, 0.5) is 0 Å². The van der Waals surface area contributed by atoms with Crippen LogP contribution in [0.2, 0.25) is 0 Å². The number of aromatic nitrogens is 1. The van der Waals surface area contributed by atoms with Gasteiger partial charge in [-0.05, 0) is 43.9 Å². The van der Waals surface area contributed by atoms with Crippen molar-refractivity contribution in [3.05, 3.63) is 30.1 Å².